The van der Waals surface area contributed by atoms with Crippen LogP contribution in [0.15, 0.2) is 65.8 Å². The highest BCUT2D eigenvalue weighted by molar-refractivity contribution is 7.99. The number of aryl methyl sites for hydroxylation is 2. The molecule has 0 aliphatic rings. The number of halogens is 2. The van der Waals surface area contributed by atoms with Gasteiger partial charge in [-0.15, -0.1) is 10.2 Å². The summed E-state index contributed by atoms with van der Waals surface area (Å²) in [6.45, 7) is 3.99. The molecule has 0 fully saturated rings. The van der Waals surface area contributed by atoms with E-state index in [4.69, 9.17) is 27.9 Å². The van der Waals surface area contributed by atoms with E-state index in [-0.39, 0.29) is 24.1 Å². The third-order valence-electron chi connectivity index (χ3n) is 5.60. The monoisotopic (exact) mass is 569 g/mol. The first-order valence-corrected chi connectivity index (χ1v) is 13.3. The van der Waals surface area contributed by atoms with E-state index in [9.17, 15) is 9.59 Å². The van der Waals surface area contributed by atoms with E-state index in [0.29, 0.717) is 38.0 Å². The van der Waals surface area contributed by atoms with Crippen LogP contribution in [0, 0.1) is 13.8 Å². The number of carbonyl (C=O) groups is 2. The van der Waals surface area contributed by atoms with Crippen molar-refractivity contribution in [1.82, 2.24) is 20.1 Å². The van der Waals surface area contributed by atoms with Gasteiger partial charge in [0, 0.05) is 11.3 Å². The molecule has 0 bridgehead atoms. The van der Waals surface area contributed by atoms with E-state index in [2.05, 4.69) is 20.8 Å². The fraction of sp³-hybridized carbons (Fsp3) is 0.185. The maximum Gasteiger partial charge on any atom is 0.251 e. The highest BCUT2D eigenvalue weighted by atomic mass is 35.5. The number of ether oxygens (including phenoxy) is 1. The first-order valence-electron chi connectivity index (χ1n) is 11.6. The third-order valence-corrected chi connectivity index (χ3v) is 7.27. The number of hydrogen-bond donors (Lipinski definition) is 2. The fourth-order valence-corrected chi connectivity index (χ4v) is 4.67. The van der Waals surface area contributed by atoms with Gasteiger partial charge in [-0.1, -0.05) is 53.2 Å². The molecular weight excluding hydrogens is 545 g/mol. The van der Waals surface area contributed by atoms with E-state index in [1.54, 1.807) is 47.0 Å². The molecule has 2 N–H and O–H groups in total. The molecule has 1 aromatic heterocycles. The summed E-state index contributed by atoms with van der Waals surface area (Å²) in [7, 11) is 1.54. The molecule has 0 spiro atoms. The van der Waals surface area contributed by atoms with Crippen molar-refractivity contribution in [2.45, 2.75) is 25.5 Å². The van der Waals surface area contributed by atoms with E-state index < -0.39 is 0 Å². The van der Waals surface area contributed by atoms with Crippen LogP contribution in [0.4, 0.5) is 5.69 Å². The van der Waals surface area contributed by atoms with Gasteiger partial charge < -0.3 is 15.4 Å². The lowest BCUT2D eigenvalue weighted by Crippen LogP contribution is -2.24. The van der Waals surface area contributed by atoms with Crippen LogP contribution in [0.3, 0.4) is 0 Å². The van der Waals surface area contributed by atoms with Gasteiger partial charge >= 0.3 is 0 Å². The third kappa shape index (κ3) is 6.66. The predicted molar refractivity (Wildman–Crippen MR) is 151 cm³/mol. The number of methoxy groups -OCH3 is 1. The number of carbonyl (C=O) groups excluding carboxylic acids is 2. The Hall–Kier alpha value is -3.53. The number of benzene rings is 3. The maximum atomic E-state index is 12.8. The minimum absolute atomic E-state index is 0.0819. The molecule has 2 amide bonds. The minimum atomic E-state index is -0.297. The second-order valence-corrected chi connectivity index (χ2v) is 10.2. The van der Waals surface area contributed by atoms with Gasteiger partial charge in [0.15, 0.2) is 11.0 Å². The lowest BCUT2D eigenvalue weighted by Gasteiger charge is -2.13. The summed E-state index contributed by atoms with van der Waals surface area (Å²) < 4.78 is 6.94. The number of rotatable bonds is 9. The predicted octanol–water partition coefficient (Wildman–Crippen LogP) is 5.86. The number of nitrogens with zero attached hydrogens (tertiary/aromatic N) is 3. The van der Waals surface area contributed by atoms with Crippen molar-refractivity contribution in [3.8, 4) is 11.4 Å². The van der Waals surface area contributed by atoms with Gasteiger partial charge in [-0.3, -0.25) is 14.2 Å². The summed E-state index contributed by atoms with van der Waals surface area (Å²) in [5, 5.41) is 15.6. The standard InChI is InChI=1S/C27H25Cl2N5O3S/c1-16-7-8-17(2)23(11-16)31-25(35)15-38-27-33-32-24(34(27)19-9-10-21(28)22(29)13-19)14-30-26(36)18-5-4-6-20(12-18)37-3/h4-13H,14-15H2,1-3H3,(H,30,36)(H,31,35). The second-order valence-electron chi connectivity index (χ2n) is 8.40. The summed E-state index contributed by atoms with van der Waals surface area (Å²) in [4.78, 5) is 25.5. The summed E-state index contributed by atoms with van der Waals surface area (Å²) in [5.74, 6) is 0.657. The SMILES string of the molecule is COc1cccc(C(=O)NCc2nnc(SCC(=O)Nc3cc(C)ccc3C)n2-c2ccc(Cl)c(Cl)c2)c1. The Morgan fingerprint density at radius 2 is 1.82 bits per heavy atom. The van der Waals surface area contributed by atoms with Crippen LogP contribution in [0.5, 0.6) is 5.75 Å². The molecule has 0 atom stereocenters. The molecule has 4 aromatic rings. The lowest BCUT2D eigenvalue weighted by molar-refractivity contribution is -0.113. The van der Waals surface area contributed by atoms with Gasteiger partial charge in [0.1, 0.15) is 5.75 Å². The van der Waals surface area contributed by atoms with Gasteiger partial charge in [0.05, 0.1) is 35.1 Å². The Morgan fingerprint density at radius 3 is 2.58 bits per heavy atom. The molecule has 196 valence electrons. The first-order chi connectivity index (χ1) is 18.2. The van der Waals surface area contributed by atoms with E-state index >= 15 is 0 Å². The van der Waals surface area contributed by atoms with Gasteiger partial charge in [0.2, 0.25) is 5.91 Å². The maximum absolute atomic E-state index is 12.8. The molecule has 38 heavy (non-hydrogen) atoms. The molecule has 1 heterocycles. The summed E-state index contributed by atoms with van der Waals surface area (Å²) in [5.41, 5.74) is 3.89. The number of anilines is 1. The van der Waals surface area contributed by atoms with Crippen LogP contribution in [0.1, 0.15) is 27.3 Å². The Balaban J connectivity index is 1.54. The number of amides is 2. The average molecular weight is 571 g/mol. The van der Waals surface area contributed by atoms with Crippen LogP contribution in [-0.4, -0.2) is 39.4 Å². The Kier molecular flexibility index (Phi) is 8.93. The first kappa shape index (κ1) is 27.5. The van der Waals surface area contributed by atoms with Crippen LogP contribution in [0.25, 0.3) is 5.69 Å². The zero-order chi connectivity index (χ0) is 27.2. The fourth-order valence-electron chi connectivity index (χ4n) is 3.60. The van der Waals surface area contributed by atoms with Gasteiger partial charge in [-0.2, -0.15) is 0 Å². The molecule has 0 aliphatic carbocycles. The van der Waals surface area contributed by atoms with Crippen LogP contribution in [0.2, 0.25) is 10.0 Å². The number of thioether (sulfide) groups is 1. The molecule has 8 nitrogen and oxygen atoms in total. The Morgan fingerprint density at radius 1 is 1.00 bits per heavy atom. The molecule has 0 unspecified atom stereocenters. The number of nitrogens with one attached hydrogen (secondary N) is 2. The van der Waals surface area contributed by atoms with Crippen molar-refractivity contribution in [1.29, 1.82) is 0 Å². The zero-order valence-corrected chi connectivity index (χ0v) is 23.2. The highest BCUT2D eigenvalue weighted by Crippen LogP contribution is 2.28. The van der Waals surface area contributed by atoms with E-state index in [0.717, 1.165) is 16.8 Å². The Labute approximate surface area is 234 Å². The van der Waals surface area contributed by atoms with Crippen LogP contribution >= 0.6 is 35.0 Å². The topological polar surface area (TPSA) is 98.1 Å². The molecular formula is C27H25Cl2N5O3S. The molecule has 3 aromatic carbocycles. The summed E-state index contributed by atoms with van der Waals surface area (Å²) in [6.07, 6.45) is 0. The van der Waals surface area contributed by atoms with E-state index in [1.807, 2.05) is 32.0 Å². The van der Waals surface area contributed by atoms with Crippen molar-refractivity contribution in [2.24, 2.45) is 0 Å². The van der Waals surface area contributed by atoms with Crippen LogP contribution in [-0.2, 0) is 11.3 Å². The van der Waals surface area contributed by atoms with Gasteiger partial charge in [-0.05, 0) is 67.4 Å². The molecule has 0 radical (unpaired) electrons. The summed E-state index contributed by atoms with van der Waals surface area (Å²) in [6, 6.07) is 17.8. The zero-order valence-electron chi connectivity index (χ0n) is 20.9. The number of aromatic nitrogens is 3. The van der Waals surface area contributed by atoms with Crippen molar-refractivity contribution >= 4 is 52.5 Å². The second kappa shape index (κ2) is 12.3. The van der Waals surface area contributed by atoms with Gasteiger partial charge in [-0.25, -0.2) is 0 Å². The normalized spacial score (nSPS) is 10.8. The van der Waals surface area contributed by atoms with E-state index in [1.165, 1.54) is 18.9 Å². The molecule has 0 saturated carbocycles. The van der Waals surface area contributed by atoms with Crippen molar-refractivity contribution in [3.63, 3.8) is 0 Å². The lowest BCUT2D eigenvalue weighted by atomic mass is 10.1. The molecule has 0 saturated heterocycles. The highest BCUT2D eigenvalue weighted by Gasteiger charge is 2.18. The average Bonchev–Trinajstić information content (AvgIpc) is 3.32. The summed E-state index contributed by atoms with van der Waals surface area (Å²) >= 11 is 13.6. The van der Waals surface area contributed by atoms with Crippen molar-refractivity contribution < 1.29 is 14.3 Å². The largest absolute Gasteiger partial charge is 0.497 e. The molecule has 4 rings (SSSR count). The van der Waals surface area contributed by atoms with Gasteiger partial charge in [0.25, 0.3) is 5.91 Å². The minimum Gasteiger partial charge on any atom is -0.497 e. The van der Waals surface area contributed by atoms with Crippen molar-refractivity contribution in [2.75, 3.05) is 18.2 Å². The number of hydrogen-bond acceptors (Lipinski definition) is 6. The smallest absolute Gasteiger partial charge is 0.251 e. The van der Waals surface area contributed by atoms with Crippen molar-refractivity contribution in [3.05, 3.63) is 93.2 Å². The quantitative estimate of drug-likeness (QED) is 0.245. The Bertz CT molecular complexity index is 1490. The molecule has 11 heteroatoms. The van der Waals surface area contributed by atoms with Crippen LogP contribution < -0.4 is 15.4 Å². The molecule has 0 aliphatic heterocycles.